The van der Waals surface area contributed by atoms with Crippen molar-refractivity contribution in [2.45, 2.75) is 6.92 Å². The Hall–Kier alpha value is -2.29. The highest BCUT2D eigenvalue weighted by Crippen LogP contribution is 2.20. The van der Waals surface area contributed by atoms with E-state index in [1.807, 2.05) is 0 Å². The molecule has 0 saturated carbocycles. The molecular formula is C18H21ClFN5O2. The molecule has 1 fully saturated rings. The first kappa shape index (κ1) is 19.5. The van der Waals surface area contributed by atoms with E-state index in [2.05, 4.69) is 25.5 Å². The summed E-state index contributed by atoms with van der Waals surface area (Å²) >= 11 is 5.74. The molecule has 7 nitrogen and oxygen atoms in total. The normalized spacial score (nSPS) is 14.8. The van der Waals surface area contributed by atoms with E-state index in [0.29, 0.717) is 23.9 Å². The van der Waals surface area contributed by atoms with Crippen LogP contribution >= 0.6 is 11.6 Å². The largest absolute Gasteiger partial charge is 0.379 e. The number of nitrogens with one attached hydrogen (secondary N) is 2. The van der Waals surface area contributed by atoms with Gasteiger partial charge in [-0.05, 0) is 31.2 Å². The van der Waals surface area contributed by atoms with Crippen LogP contribution < -0.4 is 10.6 Å². The number of nitrogens with zero attached hydrogens (tertiary/aromatic N) is 3. The van der Waals surface area contributed by atoms with Crippen molar-refractivity contribution in [2.24, 2.45) is 0 Å². The molecule has 1 saturated heterocycles. The Morgan fingerprint density at radius 3 is 2.81 bits per heavy atom. The number of halogens is 2. The zero-order chi connectivity index (χ0) is 19.2. The Kier molecular flexibility index (Phi) is 6.54. The summed E-state index contributed by atoms with van der Waals surface area (Å²) in [6, 6.07) is 5.58. The number of benzene rings is 1. The fourth-order valence-electron chi connectivity index (χ4n) is 2.68. The fraction of sp³-hybridized carbons (Fsp3) is 0.389. The SMILES string of the molecule is Cc1cc(C(=O)Nc2ccc(F)c(Cl)c2)nc(NCCN2CCOCC2)n1. The molecule has 0 bridgehead atoms. The summed E-state index contributed by atoms with van der Waals surface area (Å²) in [6.45, 7) is 6.61. The smallest absolute Gasteiger partial charge is 0.274 e. The molecule has 1 aromatic heterocycles. The van der Waals surface area contributed by atoms with Gasteiger partial charge in [-0.2, -0.15) is 0 Å². The van der Waals surface area contributed by atoms with Crippen molar-refractivity contribution >= 4 is 29.1 Å². The van der Waals surface area contributed by atoms with Gasteiger partial charge in [-0.3, -0.25) is 9.69 Å². The van der Waals surface area contributed by atoms with Gasteiger partial charge in [0.2, 0.25) is 5.95 Å². The number of hydrogen-bond acceptors (Lipinski definition) is 6. The van der Waals surface area contributed by atoms with E-state index in [1.54, 1.807) is 13.0 Å². The topological polar surface area (TPSA) is 79.4 Å². The minimum Gasteiger partial charge on any atom is -0.379 e. The maximum absolute atomic E-state index is 13.2. The molecule has 1 aromatic carbocycles. The predicted molar refractivity (Wildman–Crippen MR) is 102 cm³/mol. The number of amides is 1. The lowest BCUT2D eigenvalue weighted by molar-refractivity contribution is 0.0398. The van der Waals surface area contributed by atoms with Crippen LogP contribution in [0.25, 0.3) is 0 Å². The zero-order valence-electron chi connectivity index (χ0n) is 15.0. The molecule has 3 rings (SSSR count). The van der Waals surface area contributed by atoms with Gasteiger partial charge in [-0.15, -0.1) is 0 Å². The van der Waals surface area contributed by atoms with E-state index < -0.39 is 11.7 Å². The van der Waals surface area contributed by atoms with Crippen LogP contribution in [0.15, 0.2) is 24.3 Å². The van der Waals surface area contributed by atoms with Crippen molar-refractivity contribution in [1.82, 2.24) is 14.9 Å². The summed E-state index contributed by atoms with van der Waals surface area (Å²) in [4.78, 5) is 23.3. The van der Waals surface area contributed by atoms with Gasteiger partial charge in [0, 0.05) is 37.6 Å². The fourth-order valence-corrected chi connectivity index (χ4v) is 2.86. The molecule has 9 heteroatoms. The maximum Gasteiger partial charge on any atom is 0.274 e. The van der Waals surface area contributed by atoms with Gasteiger partial charge < -0.3 is 15.4 Å². The molecule has 1 aliphatic rings. The number of rotatable bonds is 6. The third-order valence-electron chi connectivity index (χ3n) is 4.08. The first-order valence-electron chi connectivity index (χ1n) is 8.67. The molecule has 1 aliphatic heterocycles. The molecule has 0 aliphatic carbocycles. The van der Waals surface area contributed by atoms with Crippen LogP contribution in [-0.2, 0) is 4.74 Å². The Morgan fingerprint density at radius 2 is 2.07 bits per heavy atom. The van der Waals surface area contributed by atoms with Gasteiger partial charge in [0.25, 0.3) is 5.91 Å². The molecular weight excluding hydrogens is 373 g/mol. The minimum absolute atomic E-state index is 0.0582. The van der Waals surface area contributed by atoms with E-state index in [1.165, 1.54) is 18.2 Å². The second kappa shape index (κ2) is 9.07. The molecule has 0 unspecified atom stereocenters. The monoisotopic (exact) mass is 393 g/mol. The Balaban J connectivity index is 1.61. The molecule has 0 radical (unpaired) electrons. The van der Waals surface area contributed by atoms with Crippen LogP contribution in [0, 0.1) is 12.7 Å². The Bertz CT molecular complexity index is 814. The second-order valence-corrected chi connectivity index (χ2v) is 6.59. The first-order valence-corrected chi connectivity index (χ1v) is 9.05. The summed E-state index contributed by atoms with van der Waals surface area (Å²) in [5, 5.41) is 5.75. The van der Waals surface area contributed by atoms with Crippen molar-refractivity contribution in [1.29, 1.82) is 0 Å². The van der Waals surface area contributed by atoms with Crippen molar-refractivity contribution in [2.75, 3.05) is 50.0 Å². The van der Waals surface area contributed by atoms with Gasteiger partial charge in [0.1, 0.15) is 11.5 Å². The second-order valence-electron chi connectivity index (χ2n) is 6.18. The average Bonchev–Trinajstić information content (AvgIpc) is 2.65. The van der Waals surface area contributed by atoms with Crippen LogP contribution in [-0.4, -0.2) is 60.2 Å². The lowest BCUT2D eigenvalue weighted by Gasteiger charge is -2.26. The lowest BCUT2D eigenvalue weighted by Crippen LogP contribution is -2.39. The quantitative estimate of drug-likeness (QED) is 0.785. The van der Waals surface area contributed by atoms with Crippen LogP contribution in [0.2, 0.25) is 5.02 Å². The summed E-state index contributed by atoms with van der Waals surface area (Å²) in [6.07, 6.45) is 0. The number of hydrogen-bond donors (Lipinski definition) is 2. The van der Waals surface area contributed by atoms with Gasteiger partial charge in [-0.25, -0.2) is 14.4 Å². The summed E-state index contributed by atoms with van der Waals surface area (Å²) in [5.41, 5.74) is 1.28. The van der Waals surface area contributed by atoms with Crippen molar-refractivity contribution in [3.63, 3.8) is 0 Å². The van der Waals surface area contributed by atoms with Gasteiger partial charge in [-0.1, -0.05) is 11.6 Å². The van der Waals surface area contributed by atoms with Crippen molar-refractivity contribution in [3.05, 3.63) is 46.5 Å². The van der Waals surface area contributed by atoms with E-state index in [4.69, 9.17) is 16.3 Å². The number of aromatic nitrogens is 2. The summed E-state index contributed by atoms with van der Waals surface area (Å²) in [7, 11) is 0. The van der Waals surface area contributed by atoms with E-state index in [0.717, 1.165) is 32.8 Å². The van der Waals surface area contributed by atoms with Gasteiger partial charge >= 0.3 is 0 Å². The number of anilines is 2. The molecule has 2 N–H and O–H groups in total. The third-order valence-corrected chi connectivity index (χ3v) is 4.37. The van der Waals surface area contributed by atoms with Crippen molar-refractivity contribution < 1.29 is 13.9 Å². The van der Waals surface area contributed by atoms with Crippen LogP contribution in [0.3, 0.4) is 0 Å². The van der Waals surface area contributed by atoms with E-state index in [9.17, 15) is 9.18 Å². The Morgan fingerprint density at radius 1 is 1.30 bits per heavy atom. The number of aryl methyl sites for hydroxylation is 1. The summed E-state index contributed by atoms with van der Waals surface area (Å²) < 4.78 is 18.6. The number of ether oxygens (including phenoxy) is 1. The maximum atomic E-state index is 13.2. The molecule has 27 heavy (non-hydrogen) atoms. The van der Waals surface area contributed by atoms with E-state index in [-0.39, 0.29) is 10.7 Å². The van der Waals surface area contributed by atoms with Crippen LogP contribution in [0.5, 0.6) is 0 Å². The number of morpholine rings is 1. The van der Waals surface area contributed by atoms with Crippen LogP contribution in [0.4, 0.5) is 16.0 Å². The highest BCUT2D eigenvalue weighted by molar-refractivity contribution is 6.31. The molecule has 0 spiro atoms. The highest BCUT2D eigenvalue weighted by Gasteiger charge is 2.13. The minimum atomic E-state index is -0.542. The predicted octanol–water partition coefficient (Wildman–Crippen LogP) is 2.57. The zero-order valence-corrected chi connectivity index (χ0v) is 15.7. The molecule has 2 aromatic rings. The first-order chi connectivity index (χ1) is 13.0. The van der Waals surface area contributed by atoms with Gasteiger partial charge in [0.15, 0.2) is 0 Å². The standard InChI is InChI=1S/C18H21ClFN5O2/c1-12-10-16(17(26)23-13-2-3-15(20)14(19)11-13)24-18(22-12)21-4-5-25-6-8-27-9-7-25/h2-3,10-11H,4-9H2,1H3,(H,23,26)(H,21,22,24). The lowest BCUT2D eigenvalue weighted by atomic mass is 10.2. The summed E-state index contributed by atoms with van der Waals surface area (Å²) in [5.74, 6) is -0.566. The molecule has 2 heterocycles. The average molecular weight is 394 g/mol. The molecule has 1 amide bonds. The highest BCUT2D eigenvalue weighted by atomic mass is 35.5. The molecule has 144 valence electrons. The van der Waals surface area contributed by atoms with E-state index >= 15 is 0 Å². The Labute approximate surface area is 161 Å². The van der Waals surface area contributed by atoms with Crippen molar-refractivity contribution in [3.8, 4) is 0 Å². The van der Waals surface area contributed by atoms with Gasteiger partial charge in [0.05, 0.1) is 18.2 Å². The third kappa shape index (κ3) is 5.59. The van der Waals surface area contributed by atoms with Crippen LogP contribution in [0.1, 0.15) is 16.2 Å². The number of carbonyl (C=O) groups is 1. The number of carbonyl (C=O) groups excluding carboxylic acids is 1. The molecule has 0 atom stereocenters.